The van der Waals surface area contributed by atoms with Crippen LogP contribution in [0.4, 0.5) is 0 Å². The highest BCUT2D eigenvalue weighted by Crippen LogP contribution is 2.27. The summed E-state index contributed by atoms with van der Waals surface area (Å²) in [6, 6.07) is 10.4. The molecule has 1 aliphatic heterocycles. The SMILES string of the molecule is N#CC1(NC(=O)c2ccc(C(=O)c3cc[nH]c3)cc2)CCSC1. The molecule has 2 heterocycles. The standard InChI is InChI=1S/C17H15N3O2S/c18-10-17(6-8-23-11-17)20-16(22)13-3-1-12(2-4-13)15(21)14-5-7-19-9-14/h1-5,7,9,19H,6,8,11H2,(H,20,22). The summed E-state index contributed by atoms with van der Waals surface area (Å²) >= 11 is 1.66. The second kappa shape index (κ2) is 6.31. The maximum absolute atomic E-state index is 12.3. The van der Waals surface area contributed by atoms with E-state index in [1.165, 1.54) is 0 Å². The number of aromatic amines is 1. The topological polar surface area (TPSA) is 85.8 Å². The molecule has 6 heteroatoms. The van der Waals surface area contributed by atoms with Crippen molar-refractivity contribution in [3.8, 4) is 6.07 Å². The van der Waals surface area contributed by atoms with Crippen molar-refractivity contribution in [2.24, 2.45) is 0 Å². The fraction of sp³-hybridized carbons (Fsp3) is 0.235. The van der Waals surface area contributed by atoms with Crippen LogP contribution in [0.25, 0.3) is 0 Å². The molecule has 23 heavy (non-hydrogen) atoms. The number of H-pyrrole nitrogens is 1. The molecule has 1 unspecified atom stereocenters. The van der Waals surface area contributed by atoms with Crippen LogP contribution in [0.2, 0.25) is 0 Å². The highest BCUT2D eigenvalue weighted by molar-refractivity contribution is 7.99. The van der Waals surface area contributed by atoms with Gasteiger partial charge in [0.25, 0.3) is 5.91 Å². The molecule has 1 saturated heterocycles. The molecule has 0 spiro atoms. The molecule has 1 amide bonds. The maximum Gasteiger partial charge on any atom is 0.252 e. The predicted octanol–water partition coefficient (Wildman–Crippen LogP) is 2.37. The summed E-state index contributed by atoms with van der Waals surface area (Å²) in [5.74, 6) is 1.10. The highest BCUT2D eigenvalue weighted by Gasteiger charge is 2.36. The number of carbonyl (C=O) groups is 2. The van der Waals surface area contributed by atoms with E-state index in [4.69, 9.17) is 0 Å². The largest absolute Gasteiger partial charge is 0.367 e. The molecule has 2 N–H and O–H groups in total. The smallest absolute Gasteiger partial charge is 0.252 e. The first-order valence-corrected chi connectivity index (χ1v) is 8.38. The van der Waals surface area contributed by atoms with E-state index in [9.17, 15) is 14.9 Å². The van der Waals surface area contributed by atoms with Crippen molar-refractivity contribution < 1.29 is 9.59 Å². The van der Waals surface area contributed by atoms with E-state index in [2.05, 4.69) is 16.4 Å². The fourth-order valence-electron chi connectivity index (χ4n) is 2.47. The van der Waals surface area contributed by atoms with Crippen molar-refractivity contribution in [1.29, 1.82) is 5.26 Å². The third-order valence-corrected chi connectivity index (χ3v) is 5.05. The zero-order chi connectivity index (χ0) is 16.3. The Morgan fingerprint density at radius 2 is 1.91 bits per heavy atom. The number of nitriles is 1. The van der Waals surface area contributed by atoms with Gasteiger partial charge in [0.1, 0.15) is 5.54 Å². The van der Waals surface area contributed by atoms with Gasteiger partial charge in [-0.3, -0.25) is 9.59 Å². The molecule has 0 radical (unpaired) electrons. The minimum Gasteiger partial charge on any atom is -0.367 e. The van der Waals surface area contributed by atoms with E-state index in [1.807, 2.05) is 0 Å². The van der Waals surface area contributed by atoms with E-state index in [-0.39, 0.29) is 11.7 Å². The second-order valence-corrected chi connectivity index (χ2v) is 6.56. The molecule has 1 aliphatic rings. The van der Waals surface area contributed by atoms with Gasteiger partial charge in [0.2, 0.25) is 0 Å². The van der Waals surface area contributed by atoms with Gasteiger partial charge in [-0.1, -0.05) is 12.1 Å². The van der Waals surface area contributed by atoms with Crippen molar-refractivity contribution in [2.45, 2.75) is 12.0 Å². The van der Waals surface area contributed by atoms with E-state index in [1.54, 1.807) is 54.5 Å². The molecule has 0 saturated carbocycles. The highest BCUT2D eigenvalue weighted by atomic mass is 32.2. The molecule has 5 nitrogen and oxygen atoms in total. The molecule has 1 aromatic heterocycles. The van der Waals surface area contributed by atoms with Crippen molar-refractivity contribution in [3.05, 3.63) is 59.4 Å². The summed E-state index contributed by atoms with van der Waals surface area (Å²) in [6.45, 7) is 0. The van der Waals surface area contributed by atoms with Gasteiger partial charge in [0, 0.05) is 34.8 Å². The monoisotopic (exact) mass is 325 g/mol. The minimum absolute atomic E-state index is 0.0982. The number of nitrogens with zero attached hydrogens (tertiary/aromatic N) is 1. The molecule has 1 atom stereocenters. The first-order valence-electron chi connectivity index (χ1n) is 7.23. The van der Waals surface area contributed by atoms with E-state index in [0.29, 0.717) is 28.9 Å². The van der Waals surface area contributed by atoms with Gasteiger partial charge < -0.3 is 10.3 Å². The lowest BCUT2D eigenvalue weighted by molar-refractivity contribution is 0.0925. The maximum atomic E-state index is 12.3. The van der Waals surface area contributed by atoms with Crippen molar-refractivity contribution in [2.75, 3.05) is 11.5 Å². The van der Waals surface area contributed by atoms with Gasteiger partial charge in [-0.25, -0.2) is 0 Å². The Labute approximate surface area is 138 Å². The number of benzene rings is 1. The molecule has 0 aliphatic carbocycles. The van der Waals surface area contributed by atoms with E-state index in [0.717, 1.165) is 5.75 Å². The molecule has 1 aromatic carbocycles. The minimum atomic E-state index is -0.776. The predicted molar refractivity (Wildman–Crippen MR) is 88.4 cm³/mol. The van der Waals surface area contributed by atoms with E-state index < -0.39 is 5.54 Å². The Balaban J connectivity index is 1.73. The summed E-state index contributed by atoms with van der Waals surface area (Å²) in [6.07, 6.45) is 3.98. The van der Waals surface area contributed by atoms with Crippen LogP contribution in [0, 0.1) is 11.3 Å². The van der Waals surface area contributed by atoms with Crippen LogP contribution in [-0.2, 0) is 0 Å². The molecule has 116 valence electrons. The fourth-order valence-corrected chi connectivity index (χ4v) is 3.74. The Hall–Kier alpha value is -2.52. The van der Waals surface area contributed by atoms with Crippen LogP contribution in [0.5, 0.6) is 0 Å². The third-order valence-electron chi connectivity index (χ3n) is 3.86. The Morgan fingerprint density at radius 3 is 2.48 bits per heavy atom. The quantitative estimate of drug-likeness (QED) is 0.845. The van der Waals surface area contributed by atoms with Crippen molar-refractivity contribution in [3.63, 3.8) is 0 Å². The third kappa shape index (κ3) is 3.15. The lowest BCUT2D eigenvalue weighted by atomic mass is 9.99. The number of aromatic nitrogens is 1. The number of carbonyl (C=O) groups excluding carboxylic acids is 2. The van der Waals surface area contributed by atoms with Crippen LogP contribution >= 0.6 is 11.8 Å². The lowest BCUT2D eigenvalue weighted by Crippen LogP contribution is -2.47. The number of hydrogen-bond donors (Lipinski definition) is 2. The first kappa shape index (κ1) is 15.4. The average Bonchev–Trinajstić information content (AvgIpc) is 3.26. The summed E-state index contributed by atoms with van der Waals surface area (Å²) in [7, 11) is 0. The van der Waals surface area contributed by atoms with Crippen LogP contribution in [0.15, 0.2) is 42.7 Å². The van der Waals surface area contributed by atoms with Crippen LogP contribution in [-0.4, -0.2) is 33.7 Å². The van der Waals surface area contributed by atoms with Gasteiger partial charge in [0.05, 0.1) is 6.07 Å². The van der Waals surface area contributed by atoms with E-state index >= 15 is 0 Å². The molecule has 2 aromatic rings. The van der Waals surface area contributed by atoms with Gasteiger partial charge >= 0.3 is 0 Å². The van der Waals surface area contributed by atoms with Crippen LogP contribution in [0.3, 0.4) is 0 Å². The molecular weight excluding hydrogens is 310 g/mol. The Morgan fingerprint density at radius 1 is 1.17 bits per heavy atom. The zero-order valence-electron chi connectivity index (χ0n) is 12.3. The number of amides is 1. The molecule has 3 rings (SSSR count). The molecule has 0 bridgehead atoms. The summed E-state index contributed by atoms with van der Waals surface area (Å²) in [5.41, 5.74) is 0.768. The Kier molecular flexibility index (Phi) is 4.22. The number of ketones is 1. The summed E-state index contributed by atoms with van der Waals surface area (Å²) in [5, 5.41) is 12.1. The molecular formula is C17H15N3O2S. The van der Waals surface area contributed by atoms with Crippen LogP contribution in [0.1, 0.15) is 32.7 Å². The normalized spacial score (nSPS) is 20.0. The second-order valence-electron chi connectivity index (χ2n) is 5.46. The number of nitrogens with one attached hydrogen (secondary N) is 2. The van der Waals surface area contributed by atoms with Gasteiger partial charge in [-0.2, -0.15) is 17.0 Å². The van der Waals surface area contributed by atoms with Gasteiger partial charge in [0.15, 0.2) is 5.78 Å². The van der Waals surface area contributed by atoms with Crippen molar-refractivity contribution in [1.82, 2.24) is 10.3 Å². The number of hydrogen-bond acceptors (Lipinski definition) is 4. The first-order chi connectivity index (χ1) is 11.1. The lowest BCUT2D eigenvalue weighted by Gasteiger charge is -2.21. The Bertz CT molecular complexity index is 754. The van der Waals surface area contributed by atoms with Gasteiger partial charge in [-0.05, 0) is 30.4 Å². The summed E-state index contributed by atoms with van der Waals surface area (Å²) < 4.78 is 0. The van der Waals surface area contributed by atoms with Gasteiger partial charge in [-0.15, -0.1) is 0 Å². The van der Waals surface area contributed by atoms with Crippen LogP contribution < -0.4 is 5.32 Å². The summed E-state index contributed by atoms with van der Waals surface area (Å²) in [4.78, 5) is 27.4. The van der Waals surface area contributed by atoms with Crippen molar-refractivity contribution >= 4 is 23.5 Å². The number of thioether (sulfide) groups is 1. The molecule has 1 fully saturated rings. The average molecular weight is 325 g/mol. The number of rotatable bonds is 4. The zero-order valence-corrected chi connectivity index (χ0v) is 13.2.